The maximum atomic E-state index is 12.2. The lowest BCUT2D eigenvalue weighted by Gasteiger charge is -2.09. The van der Waals surface area contributed by atoms with Crippen LogP contribution in [0.15, 0.2) is 79.4 Å². The van der Waals surface area contributed by atoms with Crippen LogP contribution in [0.1, 0.15) is 15.9 Å². The van der Waals surface area contributed by atoms with Gasteiger partial charge in [-0.05, 0) is 5.56 Å². The van der Waals surface area contributed by atoms with E-state index in [-0.39, 0.29) is 5.78 Å². The van der Waals surface area contributed by atoms with Crippen LogP contribution in [0.4, 0.5) is 0 Å². The fraction of sp³-hybridized carbons (Fsp3) is 0.0556. The van der Waals surface area contributed by atoms with Crippen LogP contribution in [0.3, 0.4) is 0 Å². The van der Waals surface area contributed by atoms with Crippen molar-refractivity contribution < 1.29 is 4.79 Å². The van der Waals surface area contributed by atoms with Gasteiger partial charge in [-0.25, -0.2) is 0 Å². The number of nitrogens with one attached hydrogen (secondary N) is 1. The highest BCUT2D eigenvalue weighted by molar-refractivity contribution is 6.08. The Labute approximate surface area is 119 Å². The summed E-state index contributed by atoms with van der Waals surface area (Å²) in [6.45, 7) is 4.30. The molecule has 0 amide bonds. The normalized spacial score (nSPS) is 10.9. The zero-order chi connectivity index (χ0) is 14.2. The third-order valence-electron chi connectivity index (χ3n) is 2.86. The first-order valence-corrected chi connectivity index (χ1v) is 6.52. The fourth-order valence-corrected chi connectivity index (χ4v) is 1.85. The molecule has 0 heterocycles. The van der Waals surface area contributed by atoms with Gasteiger partial charge in [-0.1, -0.05) is 66.7 Å². The van der Waals surface area contributed by atoms with Gasteiger partial charge in [-0.2, -0.15) is 0 Å². The monoisotopic (exact) mass is 263 g/mol. The second kappa shape index (κ2) is 7.10. The number of carbonyl (C=O) groups excluding carboxylic acids is 1. The van der Waals surface area contributed by atoms with Crippen LogP contribution < -0.4 is 5.32 Å². The summed E-state index contributed by atoms with van der Waals surface area (Å²) in [5.74, 6) is -0.0129. The minimum atomic E-state index is -0.0129. The highest BCUT2D eigenvalue weighted by Crippen LogP contribution is 2.12. The molecule has 2 heteroatoms. The first-order chi connectivity index (χ1) is 9.81. The summed E-state index contributed by atoms with van der Waals surface area (Å²) in [5.41, 5.74) is 2.47. The van der Waals surface area contributed by atoms with E-state index in [0.29, 0.717) is 12.1 Å². The molecule has 0 atom stereocenters. The third-order valence-corrected chi connectivity index (χ3v) is 2.86. The molecule has 0 aliphatic heterocycles. The lowest BCUT2D eigenvalue weighted by molar-refractivity contribution is 0.104. The Hall–Kier alpha value is -2.61. The van der Waals surface area contributed by atoms with Crippen molar-refractivity contribution in [2.75, 3.05) is 6.54 Å². The van der Waals surface area contributed by atoms with E-state index >= 15 is 0 Å². The van der Waals surface area contributed by atoms with Gasteiger partial charge in [0.25, 0.3) is 0 Å². The Morgan fingerprint density at radius 2 is 1.50 bits per heavy atom. The van der Waals surface area contributed by atoms with Gasteiger partial charge < -0.3 is 5.32 Å². The van der Waals surface area contributed by atoms with Crippen LogP contribution in [0.5, 0.6) is 0 Å². The molecule has 2 rings (SSSR count). The fourth-order valence-electron chi connectivity index (χ4n) is 1.85. The van der Waals surface area contributed by atoms with Crippen LogP contribution >= 0.6 is 0 Å². The minimum absolute atomic E-state index is 0.0129. The first kappa shape index (κ1) is 13.8. The van der Waals surface area contributed by atoms with Gasteiger partial charge in [0.15, 0.2) is 5.78 Å². The summed E-state index contributed by atoms with van der Waals surface area (Å²) in [6.07, 6.45) is 3.40. The number of hydrogen-bond donors (Lipinski definition) is 1. The summed E-state index contributed by atoms with van der Waals surface area (Å²) in [5, 5.41) is 3.21. The molecule has 2 aromatic carbocycles. The lowest BCUT2D eigenvalue weighted by atomic mass is 10.1. The summed E-state index contributed by atoms with van der Waals surface area (Å²) < 4.78 is 0. The van der Waals surface area contributed by atoms with E-state index in [9.17, 15) is 4.79 Å². The molecule has 0 bridgehead atoms. The Morgan fingerprint density at radius 1 is 0.950 bits per heavy atom. The van der Waals surface area contributed by atoms with Gasteiger partial charge in [-0.3, -0.25) is 4.79 Å². The van der Waals surface area contributed by atoms with Crippen LogP contribution in [-0.2, 0) is 0 Å². The SMILES string of the molecule is C=CCN/C(=C\C(=O)c1ccccc1)c1ccccc1. The Kier molecular flexibility index (Phi) is 4.90. The summed E-state index contributed by atoms with van der Waals surface area (Å²) in [4.78, 5) is 12.2. The Balaban J connectivity index is 2.29. The standard InChI is InChI=1S/C18H17NO/c1-2-13-19-17(15-9-5-3-6-10-15)14-18(20)16-11-7-4-8-12-16/h2-12,14,19H,1,13H2/b17-14-. The van der Waals surface area contributed by atoms with Gasteiger partial charge in [0, 0.05) is 23.9 Å². The van der Waals surface area contributed by atoms with Gasteiger partial charge in [-0.15, -0.1) is 6.58 Å². The predicted octanol–water partition coefficient (Wildman–Crippen LogP) is 3.69. The van der Waals surface area contributed by atoms with E-state index in [1.165, 1.54) is 0 Å². The number of carbonyl (C=O) groups is 1. The maximum Gasteiger partial charge on any atom is 0.187 e. The minimum Gasteiger partial charge on any atom is -0.381 e. The van der Waals surface area contributed by atoms with E-state index < -0.39 is 0 Å². The van der Waals surface area contributed by atoms with E-state index in [2.05, 4.69) is 11.9 Å². The largest absolute Gasteiger partial charge is 0.381 e. The summed E-state index contributed by atoms with van der Waals surface area (Å²) in [7, 11) is 0. The van der Waals surface area contributed by atoms with Crippen molar-refractivity contribution in [2.45, 2.75) is 0 Å². The van der Waals surface area contributed by atoms with Crippen molar-refractivity contribution in [2.24, 2.45) is 0 Å². The van der Waals surface area contributed by atoms with Crippen molar-refractivity contribution in [3.63, 3.8) is 0 Å². The highest BCUT2D eigenvalue weighted by Gasteiger charge is 2.06. The molecule has 20 heavy (non-hydrogen) atoms. The van der Waals surface area contributed by atoms with Crippen molar-refractivity contribution in [1.29, 1.82) is 0 Å². The van der Waals surface area contributed by atoms with Crippen molar-refractivity contribution in [3.8, 4) is 0 Å². The van der Waals surface area contributed by atoms with Crippen LogP contribution in [-0.4, -0.2) is 12.3 Å². The van der Waals surface area contributed by atoms with Crippen molar-refractivity contribution >= 4 is 11.5 Å². The number of hydrogen-bond acceptors (Lipinski definition) is 2. The molecular formula is C18H17NO. The van der Waals surface area contributed by atoms with Gasteiger partial charge in [0.1, 0.15) is 0 Å². The molecule has 0 saturated heterocycles. The number of benzene rings is 2. The van der Waals surface area contributed by atoms with Crippen molar-refractivity contribution in [1.82, 2.24) is 5.32 Å². The van der Waals surface area contributed by atoms with Crippen LogP contribution in [0, 0.1) is 0 Å². The maximum absolute atomic E-state index is 12.2. The molecule has 2 aromatic rings. The van der Waals surface area contributed by atoms with Gasteiger partial charge in [0.2, 0.25) is 0 Å². The molecule has 0 fully saturated rings. The molecule has 0 unspecified atom stereocenters. The molecule has 100 valence electrons. The average molecular weight is 263 g/mol. The smallest absolute Gasteiger partial charge is 0.187 e. The number of allylic oxidation sites excluding steroid dienone is 1. The van der Waals surface area contributed by atoms with E-state index in [4.69, 9.17) is 0 Å². The molecule has 0 saturated carbocycles. The molecular weight excluding hydrogens is 246 g/mol. The predicted molar refractivity (Wildman–Crippen MR) is 83.4 cm³/mol. The third kappa shape index (κ3) is 3.69. The summed E-state index contributed by atoms with van der Waals surface area (Å²) >= 11 is 0. The van der Waals surface area contributed by atoms with E-state index in [1.54, 1.807) is 12.2 Å². The quantitative estimate of drug-likeness (QED) is 0.489. The molecule has 0 radical (unpaired) electrons. The molecule has 0 aliphatic carbocycles. The molecule has 0 aromatic heterocycles. The second-order valence-corrected chi connectivity index (χ2v) is 4.32. The lowest BCUT2D eigenvalue weighted by Crippen LogP contribution is -2.13. The molecule has 0 spiro atoms. The second-order valence-electron chi connectivity index (χ2n) is 4.32. The van der Waals surface area contributed by atoms with Gasteiger partial charge in [0.05, 0.1) is 0 Å². The van der Waals surface area contributed by atoms with Gasteiger partial charge >= 0.3 is 0 Å². The highest BCUT2D eigenvalue weighted by atomic mass is 16.1. The zero-order valence-corrected chi connectivity index (χ0v) is 11.3. The Morgan fingerprint density at radius 3 is 2.05 bits per heavy atom. The first-order valence-electron chi connectivity index (χ1n) is 6.52. The van der Waals surface area contributed by atoms with E-state index in [0.717, 1.165) is 11.3 Å². The topological polar surface area (TPSA) is 29.1 Å². The van der Waals surface area contributed by atoms with Crippen LogP contribution in [0.25, 0.3) is 5.70 Å². The number of rotatable bonds is 6. The average Bonchev–Trinajstić information content (AvgIpc) is 2.53. The molecule has 1 N–H and O–H groups in total. The van der Waals surface area contributed by atoms with E-state index in [1.807, 2.05) is 60.7 Å². The summed E-state index contributed by atoms with van der Waals surface area (Å²) in [6, 6.07) is 19.0. The molecule has 0 aliphatic rings. The zero-order valence-electron chi connectivity index (χ0n) is 11.3. The van der Waals surface area contributed by atoms with Crippen LogP contribution in [0.2, 0.25) is 0 Å². The molecule has 2 nitrogen and oxygen atoms in total. The van der Waals surface area contributed by atoms with Crippen molar-refractivity contribution in [3.05, 3.63) is 90.5 Å². The Bertz CT molecular complexity index is 600. The number of ketones is 1.